The Labute approximate surface area is 148 Å². The lowest BCUT2D eigenvalue weighted by Gasteiger charge is -2.35. The van der Waals surface area contributed by atoms with Crippen LogP contribution in [0.4, 0.5) is 4.79 Å². The summed E-state index contributed by atoms with van der Waals surface area (Å²) >= 11 is 1.26. The van der Waals surface area contributed by atoms with Crippen LogP contribution in [0.15, 0.2) is 0 Å². The Bertz CT molecular complexity index is 503. The number of hydrogen-bond acceptors (Lipinski definition) is 5. The smallest absolute Gasteiger partial charge is 0.410 e. The zero-order chi connectivity index (χ0) is 17.9. The zero-order valence-electron chi connectivity index (χ0n) is 15.0. The van der Waals surface area contributed by atoms with E-state index < -0.39 is 5.60 Å². The van der Waals surface area contributed by atoms with Crippen molar-refractivity contribution >= 4 is 28.9 Å². The largest absolute Gasteiger partial charge is 0.444 e. The van der Waals surface area contributed by atoms with E-state index in [1.54, 1.807) is 4.90 Å². The molecule has 2 fully saturated rings. The molecule has 2 atom stereocenters. The van der Waals surface area contributed by atoms with Crippen molar-refractivity contribution in [3.05, 3.63) is 0 Å². The molecule has 2 saturated heterocycles. The summed E-state index contributed by atoms with van der Waals surface area (Å²) in [5.74, 6) is 0.388. The van der Waals surface area contributed by atoms with E-state index in [-0.39, 0.29) is 28.3 Å². The van der Waals surface area contributed by atoms with Crippen LogP contribution >= 0.6 is 11.8 Å². The SMILES string of the molecule is CC(=O)SC1CC(=O)N(CC2CCCN(C(=O)OC(C)(C)C)C2)C1. The lowest BCUT2D eigenvalue weighted by atomic mass is 9.98. The van der Waals surface area contributed by atoms with Crippen LogP contribution in [-0.4, -0.2) is 63.9 Å². The third-order valence-electron chi connectivity index (χ3n) is 4.16. The standard InChI is InChI=1S/C17H28N2O4S/c1-12(20)24-14-8-15(21)19(11-14)10-13-6-5-7-18(9-13)16(22)23-17(2,3)4/h13-14H,5-11H2,1-4H3. The van der Waals surface area contributed by atoms with Gasteiger partial charge in [-0.25, -0.2) is 4.79 Å². The topological polar surface area (TPSA) is 66.9 Å². The molecule has 0 spiro atoms. The Hall–Kier alpha value is -1.24. The molecule has 0 aromatic rings. The van der Waals surface area contributed by atoms with Gasteiger partial charge >= 0.3 is 6.09 Å². The summed E-state index contributed by atoms with van der Waals surface area (Å²) in [5.41, 5.74) is -0.494. The number of carbonyl (C=O) groups is 3. The van der Waals surface area contributed by atoms with Gasteiger partial charge < -0.3 is 14.5 Å². The van der Waals surface area contributed by atoms with E-state index in [9.17, 15) is 14.4 Å². The van der Waals surface area contributed by atoms with Crippen LogP contribution in [0.5, 0.6) is 0 Å². The highest BCUT2D eigenvalue weighted by molar-refractivity contribution is 8.14. The molecule has 0 bridgehead atoms. The number of amides is 2. The fourth-order valence-corrected chi connectivity index (χ4v) is 4.19. The number of rotatable bonds is 3. The average molecular weight is 356 g/mol. The molecule has 0 N–H and O–H groups in total. The molecule has 136 valence electrons. The van der Waals surface area contributed by atoms with Crippen LogP contribution in [0.3, 0.4) is 0 Å². The summed E-state index contributed by atoms with van der Waals surface area (Å²) in [6.45, 7) is 9.76. The molecular formula is C17H28N2O4S. The van der Waals surface area contributed by atoms with Gasteiger partial charge in [0, 0.05) is 44.8 Å². The number of hydrogen-bond donors (Lipinski definition) is 0. The molecule has 2 heterocycles. The molecule has 6 nitrogen and oxygen atoms in total. The normalized spacial score (nSPS) is 25.1. The van der Waals surface area contributed by atoms with Crippen molar-refractivity contribution in [1.82, 2.24) is 9.80 Å². The Balaban J connectivity index is 1.86. The van der Waals surface area contributed by atoms with E-state index in [0.717, 1.165) is 12.8 Å². The highest BCUT2D eigenvalue weighted by atomic mass is 32.2. The van der Waals surface area contributed by atoms with Crippen LogP contribution in [-0.2, 0) is 14.3 Å². The highest BCUT2D eigenvalue weighted by Crippen LogP contribution is 2.27. The maximum absolute atomic E-state index is 12.2. The molecule has 0 aromatic carbocycles. The fourth-order valence-electron chi connectivity index (χ4n) is 3.24. The van der Waals surface area contributed by atoms with Gasteiger partial charge in [0.25, 0.3) is 0 Å². The predicted octanol–water partition coefficient (Wildman–Crippen LogP) is 2.51. The minimum absolute atomic E-state index is 0.0587. The van der Waals surface area contributed by atoms with Crippen LogP contribution in [0.2, 0.25) is 0 Å². The molecule has 7 heteroatoms. The minimum Gasteiger partial charge on any atom is -0.444 e. The summed E-state index contributed by atoms with van der Waals surface area (Å²) in [6, 6.07) is 0. The van der Waals surface area contributed by atoms with Crippen molar-refractivity contribution in [3.63, 3.8) is 0 Å². The summed E-state index contributed by atoms with van der Waals surface area (Å²) in [5, 5.41) is 0.129. The third-order valence-corrected chi connectivity index (χ3v) is 5.14. The number of ether oxygens (including phenoxy) is 1. The van der Waals surface area contributed by atoms with Gasteiger partial charge in [0.1, 0.15) is 5.60 Å². The van der Waals surface area contributed by atoms with Gasteiger partial charge in [-0.05, 0) is 39.5 Å². The van der Waals surface area contributed by atoms with Gasteiger partial charge in [0.2, 0.25) is 5.91 Å². The molecule has 0 aromatic heterocycles. The molecule has 2 aliphatic rings. The first-order valence-electron chi connectivity index (χ1n) is 8.57. The highest BCUT2D eigenvalue weighted by Gasteiger charge is 2.34. The molecule has 2 amide bonds. The van der Waals surface area contributed by atoms with Crippen molar-refractivity contribution in [2.45, 2.75) is 57.8 Å². The van der Waals surface area contributed by atoms with Crippen molar-refractivity contribution in [2.24, 2.45) is 5.92 Å². The Morgan fingerprint density at radius 1 is 1.29 bits per heavy atom. The van der Waals surface area contributed by atoms with Crippen molar-refractivity contribution in [2.75, 3.05) is 26.2 Å². The van der Waals surface area contributed by atoms with E-state index >= 15 is 0 Å². The molecule has 0 saturated carbocycles. The van der Waals surface area contributed by atoms with Crippen molar-refractivity contribution < 1.29 is 19.1 Å². The summed E-state index contributed by atoms with van der Waals surface area (Å²) < 4.78 is 5.44. The van der Waals surface area contributed by atoms with Gasteiger partial charge in [0.05, 0.1) is 0 Å². The van der Waals surface area contributed by atoms with Crippen LogP contribution in [0.1, 0.15) is 47.0 Å². The molecule has 2 rings (SSSR count). The predicted molar refractivity (Wildman–Crippen MR) is 93.8 cm³/mol. The van der Waals surface area contributed by atoms with Gasteiger partial charge in [-0.2, -0.15) is 0 Å². The quantitative estimate of drug-likeness (QED) is 0.777. The molecule has 0 aliphatic carbocycles. The third kappa shape index (κ3) is 5.69. The van der Waals surface area contributed by atoms with Gasteiger partial charge in [-0.3, -0.25) is 9.59 Å². The zero-order valence-corrected chi connectivity index (χ0v) is 15.9. The second-order valence-electron chi connectivity index (χ2n) is 7.67. The van der Waals surface area contributed by atoms with Crippen LogP contribution < -0.4 is 0 Å². The van der Waals surface area contributed by atoms with E-state index in [2.05, 4.69) is 0 Å². The molecular weight excluding hydrogens is 328 g/mol. The van der Waals surface area contributed by atoms with Gasteiger partial charge in [-0.15, -0.1) is 0 Å². The van der Waals surface area contributed by atoms with Gasteiger partial charge in [-0.1, -0.05) is 11.8 Å². The first-order chi connectivity index (χ1) is 11.1. The average Bonchev–Trinajstić information content (AvgIpc) is 2.76. The van der Waals surface area contributed by atoms with E-state index in [0.29, 0.717) is 32.6 Å². The first-order valence-corrected chi connectivity index (χ1v) is 9.45. The van der Waals surface area contributed by atoms with Crippen molar-refractivity contribution in [1.29, 1.82) is 0 Å². The number of carbonyl (C=O) groups excluding carboxylic acids is 3. The Kier molecular flexibility index (Phi) is 6.17. The minimum atomic E-state index is -0.494. The molecule has 0 radical (unpaired) electrons. The molecule has 2 unspecified atom stereocenters. The van der Waals surface area contributed by atoms with Gasteiger partial charge in [0.15, 0.2) is 5.12 Å². The second-order valence-corrected chi connectivity index (χ2v) is 9.15. The van der Waals surface area contributed by atoms with Crippen molar-refractivity contribution in [3.8, 4) is 0 Å². The summed E-state index contributed by atoms with van der Waals surface area (Å²) in [6.07, 6.45) is 2.10. The fraction of sp³-hybridized carbons (Fsp3) is 0.824. The molecule has 24 heavy (non-hydrogen) atoms. The number of likely N-dealkylation sites (tertiary alicyclic amines) is 2. The van der Waals surface area contributed by atoms with E-state index in [1.165, 1.54) is 18.7 Å². The Morgan fingerprint density at radius 2 is 2.00 bits per heavy atom. The van der Waals surface area contributed by atoms with Crippen LogP contribution in [0, 0.1) is 5.92 Å². The molecule has 2 aliphatic heterocycles. The lowest BCUT2D eigenvalue weighted by molar-refractivity contribution is -0.128. The van der Waals surface area contributed by atoms with Crippen LogP contribution in [0.25, 0.3) is 0 Å². The summed E-state index contributed by atoms with van der Waals surface area (Å²) in [4.78, 5) is 39.2. The lowest BCUT2D eigenvalue weighted by Crippen LogP contribution is -2.45. The Morgan fingerprint density at radius 3 is 2.62 bits per heavy atom. The monoisotopic (exact) mass is 356 g/mol. The maximum Gasteiger partial charge on any atom is 0.410 e. The summed E-state index contributed by atoms with van der Waals surface area (Å²) in [7, 11) is 0. The van der Waals surface area contributed by atoms with E-state index in [1.807, 2.05) is 25.7 Å². The maximum atomic E-state index is 12.2. The first kappa shape index (κ1) is 19.1. The number of piperidine rings is 1. The number of thioether (sulfide) groups is 1. The van der Waals surface area contributed by atoms with E-state index in [4.69, 9.17) is 4.74 Å². The second kappa shape index (κ2) is 7.76. The number of nitrogens with zero attached hydrogens (tertiary/aromatic N) is 2.